The molecule has 0 aromatic rings. The fourth-order valence-electron chi connectivity index (χ4n) is 1.63. The molecule has 1 heteroatoms. The molecular formula is C12H27N. The van der Waals surface area contributed by atoms with E-state index >= 15 is 0 Å². The van der Waals surface area contributed by atoms with E-state index in [9.17, 15) is 0 Å². The Morgan fingerprint density at radius 1 is 1.08 bits per heavy atom. The van der Waals surface area contributed by atoms with Gasteiger partial charge in [0.25, 0.3) is 0 Å². The maximum absolute atomic E-state index is 3.69. The van der Waals surface area contributed by atoms with Crippen molar-refractivity contribution in [3.63, 3.8) is 0 Å². The van der Waals surface area contributed by atoms with Crippen LogP contribution in [0.3, 0.4) is 0 Å². The largest absolute Gasteiger partial charge is 0.309 e. The van der Waals surface area contributed by atoms with Crippen LogP contribution in [-0.4, -0.2) is 11.6 Å². The molecule has 2 unspecified atom stereocenters. The lowest BCUT2D eigenvalue weighted by Gasteiger charge is -2.33. The minimum Gasteiger partial charge on any atom is -0.309 e. The van der Waals surface area contributed by atoms with Gasteiger partial charge in [0, 0.05) is 11.6 Å². The third-order valence-electron chi connectivity index (χ3n) is 2.74. The van der Waals surface area contributed by atoms with E-state index in [1.807, 2.05) is 0 Å². The van der Waals surface area contributed by atoms with Crippen LogP contribution in [0.1, 0.15) is 54.9 Å². The fraction of sp³-hybridized carbons (Fsp3) is 1.00. The lowest BCUT2D eigenvalue weighted by atomic mass is 9.87. The van der Waals surface area contributed by atoms with Gasteiger partial charge in [-0.15, -0.1) is 0 Å². The molecular weight excluding hydrogens is 158 g/mol. The predicted molar refractivity (Wildman–Crippen MR) is 61.0 cm³/mol. The zero-order chi connectivity index (χ0) is 10.6. The van der Waals surface area contributed by atoms with Crippen LogP contribution < -0.4 is 5.32 Å². The highest BCUT2D eigenvalue weighted by Crippen LogP contribution is 2.19. The molecule has 13 heavy (non-hydrogen) atoms. The first-order chi connectivity index (χ1) is 5.78. The minimum absolute atomic E-state index is 0.240. The second-order valence-corrected chi connectivity index (χ2v) is 5.51. The Balaban J connectivity index is 4.18. The van der Waals surface area contributed by atoms with Crippen molar-refractivity contribution in [3.8, 4) is 0 Å². The molecule has 0 saturated carbocycles. The molecule has 0 rings (SSSR count). The van der Waals surface area contributed by atoms with Gasteiger partial charge in [0.05, 0.1) is 0 Å². The second-order valence-electron chi connectivity index (χ2n) is 5.51. The second kappa shape index (κ2) is 4.99. The fourth-order valence-corrected chi connectivity index (χ4v) is 1.63. The van der Waals surface area contributed by atoms with Gasteiger partial charge < -0.3 is 5.32 Å². The summed E-state index contributed by atoms with van der Waals surface area (Å²) in [6, 6.07) is 0.653. The summed E-state index contributed by atoms with van der Waals surface area (Å²) in [5, 5.41) is 3.69. The first-order valence-electron chi connectivity index (χ1n) is 5.55. The van der Waals surface area contributed by atoms with Gasteiger partial charge in [0.2, 0.25) is 0 Å². The lowest BCUT2D eigenvalue weighted by molar-refractivity contribution is 0.241. The average Bonchev–Trinajstić information content (AvgIpc) is 1.97. The van der Waals surface area contributed by atoms with Crippen molar-refractivity contribution in [2.24, 2.45) is 11.8 Å². The summed E-state index contributed by atoms with van der Waals surface area (Å²) in [4.78, 5) is 0. The van der Waals surface area contributed by atoms with E-state index in [0.717, 1.165) is 11.8 Å². The summed E-state index contributed by atoms with van der Waals surface area (Å²) in [7, 11) is 0. The Morgan fingerprint density at radius 3 is 1.77 bits per heavy atom. The molecule has 0 saturated heterocycles. The van der Waals surface area contributed by atoms with Gasteiger partial charge in [0.15, 0.2) is 0 Å². The molecule has 2 atom stereocenters. The molecule has 0 aliphatic heterocycles. The van der Waals surface area contributed by atoms with E-state index < -0.39 is 0 Å². The van der Waals surface area contributed by atoms with Gasteiger partial charge in [-0.05, 0) is 39.0 Å². The molecule has 0 aromatic heterocycles. The summed E-state index contributed by atoms with van der Waals surface area (Å²) in [6.45, 7) is 15.9. The van der Waals surface area contributed by atoms with Crippen molar-refractivity contribution in [1.29, 1.82) is 0 Å². The van der Waals surface area contributed by atoms with E-state index in [0.29, 0.717) is 6.04 Å². The van der Waals surface area contributed by atoms with Crippen LogP contribution in [0.5, 0.6) is 0 Å². The highest BCUT2D eigenvalue weighted by atomic mass is 15.0. The molecule has 0 aromatic carbocycles. The Bertz CT molecular complexity index is 133. The summed E-state index contributed by atoms with van der Waals surface area (Å²) < 4.78 is 0. The zero-order valence-corrected chi connectivity index (χ0v) is 10.4. The van der Waals surface area contributed by atoms with Gasteiger partial charge in [-0.25, -0.2) is 0 Å². The van der Waals surface area contributed by atoms with Crippen LogP contribution in [0.2, 0.25) is 0 Å². The van der Waals surface area contributed by atoms with E-state index in [1.54, 1.807) is 0 Å². The van der Waals surface area contributed by atoms with Crippen LogP contribution in [0.15, 0.2) is 0 Å². The SMILES string of the molecule is CCC(NC(C)(C)C)C(C)C(C)C. The minimum atomic E-state index is 0.240. The third kappa shape index (κ3) is 5.30. The summed E-state index contributed by atoms with van der Waals surface area (Å²) >= 11 is 0. The molecule has 80 valence electrons. The maximum Gasteiger partial charge on any atom is 0.00992 e. The molecule has 1 N–H and O–H groups in total. The van der Waals surface area contributed by atoms with Crippen molar-refractivity contribution >= 4 is 0 Å². The summed E-state index contributed by atoms with van der Waals surface area (Å²) in [5.41, 5.74) is 0.240. The molecule has 1 nitrogen and oxygen atoms in total. The van der Waals surface area contributed by atoms with Crippen LogP contribution in [0.25, 0.3) is 0 Å². The van der Waals surface area contributed by atoms with Gasteiger partial charge in [-0.3, -0.25) is 0 Å². The van der Waals surface area contributed by atoms with Crippen molar-refractivity contribution in [1.82, 2.24) is 5.32 Å². The van der Waals surface area contributed by atoms with Gasteiger partial charge in [-0.1, -0.05) is 27.7 Å². The molecule has 0 spiro atoms. The lowest BCUT2D eigenvalue weighted by Crippen LogP contribution is -2.47. The Kier molecular flexibility index (Phi) is 4.98. The maximum atomic E-state index is 3.69. The van der Waals surface area contributed by atoms with E-state index in [2.05, 4.69) is 53.8 Å². The number of hydrogen-bond acceptors (Lipinski definition) is 1. The van der Waals surface area contributed by atoms with Gasteiger partial charge >= 0.3 is 0 Å². The summed E-state index contributed by atoms with van der Waals surface area (Å²) in [5.74, 6) is 1.52. The van der Waals surface area contributed by atoms with E-state index in [4.69, 9.17) is 0 Å². The monoisotopic (exact) mass is 185 g/mol. The van der Waals surface area contributed by atoms with Crippen molar-refractivity contribution in [2.45, 2.75) is 66.5 Å². The molecule has 0 bridgehead atoms. The number of nitrogens with one attached hydrogen (secondary N) is 1. The van der Waals surface area contributed by atoms with E-state index in [-0.39, 0.29) is 5.54 Å². The highest BCUT2D eigenvalue weighted by Gasteiger charge is 2.22. The molecule has 0 aliphatic carbocycles. The molecule has 0 fully saturated rings. The standard InChI is InChI=1S/C12H27N/c1-8-11(10(4)9(2)3)13-12(5,6)7/h9-11,13H,8H2,1-7H3. The zero-order valence-electron chi connectivity index (χ0n) is 10.4. The third-order valence-corrected chi connectivity index (χ3v) is 2.74. The summed E-state index contributed by atoms with van der Waals surface area (Å²) in [6.07, 6.45) is 1.22. The molecule has 0 aliphatic rings. The van der Waals surface area contributed by atoms with Crippen LogP contribution in [0, 0.1) is 11.8 Å². The van der Waals surface area contributed by atoms with Gasteiger partial charge in [-0.2, -0.15) is 0 Å². The smallest absolute Gasteiger partial charge is 0.00992 e. The highest BCUT2D eigenvalue weighted by molar-refractivity contribution is 4.81. The molecule has 0 radical (unpaired) electrons. The van der Waals surface area contributed by atoms with Gasteiger partial charge in [0.1, 0.15) is 0 Å². The Hall–Kier alpha value is -0.0400. The predicted octanol–water partition coefficient (Wildman–Crippen LogP) is 3.45. The molecule has 0 heterocycles. The average molecular weight is 185 g/mol. The normalized spacial score (nSPS) is 17.5. The van der Waals surface area contributed by atoms with Crippen LogP contribution >= 0.6 is 0 Å². The quantitative estimate of drug-likeness (QED) is 0.707. The number of hydrogen-bond donors (Lipinski definition) is 1. The van der Waals surface area contributed by atoms with Crippen molar-refractivity contribution < 1.29 is 0 Å². The first-order valence-corrected chi connectivity index (χ1v) is 5.55. The molecule has 0 amide bonds. The topological polar surface area (TPSA) is 12.0 Å². The van der Waals surface area contributed by atoms with Crippen molar-refractivity contribution in [2.75, 3.05) is 0 Å². The first kappa shape index (κ1) is 13.0. The Labute approximate surface area is 84.3 Å². The van der Waals surface area contributed by atoms with Crippen molar-refractivity contribution in [3.05, 3.63) is 0 Å². The Morgan fingerprint density at radius 2 is 1.54 bits per heavy atom. The van der Waals surface area contributed by atoms with Crippen LogP contribution in [-0.2, 0) is 0 Å². The number of rotatable bonds is 4. The van der Waals surface area contributed by atoms with Crippen LogP contribution in [0.4, 0.5) is 0 Å². The van der Waals surface area contributed by atoms with E-state index in [1.165, 1.54) is 6.42 Å².